The van der Waals surface area contributed by atoms with Gasteiger partial charge in [0.2, 0.25) is 5.88 Å². The number of fused-ring (bicyclic) bond motifs is 3. The second kappa shape index (κ2) is 8.45. The minimum atomic E-state index is -3.81. The van der Waals surface area contributed by atoms with E-state index in [0.717, 1.165) is 26.3 Å². The van der Waals surface area contributed by atoms with Gasteiger partial charge in [-0.3, -0.25) is 0 Å². The number of nitrogens with zero attached hydrogens (tertiary/aromatic N) is 4. The van der Waals surface area contributed by atoms with E-state index in [0.29, 0.717) is 35.5 Å². The number of aromatic hydroxyl groups is 1. The van der Waals surface area contributed by atoms with Crippen LogP contribution in [-0.4, -0.2) is 56.3 Å². The monoisotopic (exact) mass is 503 g/mol. The Morgan fingerprint density at radius 3 is 2.53 bits per heavy atom. The first-order valence-electron chi connectivity index (χ1n) is 11.8. The molecule has 0 aliphatic carbocycles. The molecule has 2 unspecified atom stereocenters. The van der Waals surface area contributed by atoms with Gasteiger partial charge < -0.3 is 25.2 Å². The number of benzene rings is 1. The third kappa shape index (κ3) is 3.81. The number of halogens is 3. The Morgan fingerprint density at radius 2 is 1.89 bits per heavy atom. The fourth-order valence-electron chi connectivity index (χ4n) is 4.94. The average Bonchev–Trinajstić information content (AvgIpc) is 2.81. The fourth-order valence-corrected chi connectivity index (χ4v) is 4.94. The molecule has 5 rings (SSSR count). The first kappa shape index (κ1) is 24.5. The van der Waals surface area contributed by atoms with Gasteiger partial charge in [0.05, 0.1) is 42.6 Å². The molecule has 3 N–H and O–H groups in total. The lowest BCUT2D eigenvalue weighted by Gasteiger charge is -2.53. The van der Waals surface area contributed by atoms with Crippen LogP contribution in [0.1, 0.15) is 50.1 Å². The molecule has 36 heavy (non-hydrogen) atoms. The molecule has 2 saturated heterocycles. The summed E-state index contributed by atoms with van der Waals surface area (Å²) in [7, 11) is 0. The molecule has 8 nitrogen and oxygen atoms in total. The van der Waals surface area contributed by atoms with Gasteiger partial charge in [-0.25, -0.2) is 9.37 Å². The maximum Gasteiger partial charge on any atom is 0.303 e. The topological polar surface area (TPSA) is 104 Å². The van der Waals surface area contributed by atoms with E-state index in [1.165, 1.54) is 12.1 Å². The third-order valence-electron chi connectivity index (χ3n) is 7.07. The molecule has 11 heteroatoms. The minimum absolute atomic E-state index is 0.0201. The van der Waals surface area contributed by atoms with E-state index in [1.54, 1.807) is 19.9 Å². The van der Waals surface area contributed by atoms with Crippen molar-refractivity contribution in [3.63, 3.8) is 0 Å². The van der Waals surface area contributed by atoms with Crippen LogP contribution in [-0.2, 0) is 10.7 Å². The van der Waals surface area contributed by atoms with Crippen molar-refractivity contribution in [3.8, 4) is 5.88 Å². The lowest BCUT2D eigenvalue weighted by atomic mass is 9.90. The van der Waals surface area contributed by atoms with Gasteiger partial charge in [-0.05, 0) is 46.2 Å². The molecule has 4 heterocycles. The van der Waals surface area contributed by atoms with Crippen LogP contribution in [0.15, 0.2) is 24.3 Å². The molecule has 3 aromatic rings. The molecule has 2 aliphatic heterocycles. The van der Waals surface area contributed by atoms with Crippen LogP contribution >= 0.6 is 0 Å². The van der Waals surface area contributed by atoms with Crippen molar-refractivity contribution in [1.29, 1.82) is 0 Å². The molecule has 3 atom stereocenters. The summed E-state index contributed by atoms with van der Waals surface area (Å²) in [6, 6.07) is 4.98. The van der Waals surface area contributed by atoms with Crippen LogP contribution in [0.5, 0.6) is 5.88 Å². The second-order valence-electron chi connectivity index (χ2n) is 10.1. The van der Waals surface area contributed by atoms with Crippen LogP contribution in [0, 0.1) is 12.7 Å². The number of pyridine rings is 1. The molecule has 0 amide bonds. The fraction of sp³-hybridized carbons (Fsp3) is 0.480. The van der Waals surface area contributed by atoms with Crippen molar-refractivity contribution in [1.82, 2.24) is 15.2 Å². The number of morpholine rings is 1. The van der Waals surface area contributed by atoms with E-state index in [1.807, 2.05) is 0 Å². The van der Waals surface area contributed by atoms with Crippen molar-refractivity contribution in [2.45, 2.75) is 63.8 Å². The highest BCUT2D eigenvalue weighted by Gasteiger charge is 2.49. The van der Waals surface area contributed by atoms with Gasteiger partial charge in [-0.15, -0.1) is 5.10 Å². The van der Waals surface area contributed by atoms with Gasteiger partial charge in [0.25, 0.3) is 0 Å². The number of aliphatic hydroxyl groups is 1. The molecule has 2 fully saturated rings. The van der Waals surface area contributed by atoms with Gasteiger partial charge in [-0.2, -0.15) is 13.9 Å². The smallest absolute Gasteiger partial charge is 0.303 e. The maximum absolute atomic E-state index is 15.3. The Bertz CT molecular complexity index is 1320. The molecule has 2 aromatic heterocycles. The summed E-state index contributed by atoms with van der Waals surface area (Å²) in [5.41, 5.74) is -1.89. The SMILES string of the molecule is Cc1nnc(N[C@H](C)c2cccc(C(F)(F)C(C)(C)O)c2F)c2cc(N3C4COCC3C4)c(O)nc12. The predicted molar refractivity (Wildman–Crippen MR) is 128 cm³/mol. The van der Waals surface area contributed by atoms with Gasteiger partial charge in [0.1, 0.15) is 22.6 Å². The summed E-state index contributed by atoms with van der Waals surface area (Å²) in [5.74, 6) is -4.77. The first-order valence-corrected chi connectivity index (χ1v) is 11.8. The van der Waals surface area contributed by atoms with Crippen LogP contribution < -0.4 is 10.2 Å². The summed E-state index contributed by atoms with van der Waals surface area (Å²) in [5, 5.41) is 32.6. The largest absolute Gasteiger partial charge is 0.492 e. The second-order valence-corrected chi connectivity index (χ2v) is 10.1. The Hall–Kier alpha value is -3.18. The Balaban J connectivity index is 1.52. The number of hydrogen-bond donors (Lipinski definition) is 3. The summed E-state index contributed by atoms with van der Waals surface area (Å²) < 4.78 is 50.4. The Morgan fingerprint density at radius 1 is 1.19 bits per heavy atom. The number of aryl methyl sites for hydroxylation is 1. The van der Waals surface area contributed by atoms with Gasteiger partial charge >= 0.3 is 5.92 Å². The average molecular weight is 504 g/mol. The van der Waals surface area contributed by atoms with E-state index >= 15 is 4.39 Å². The van der Waals surface area contributed by atoms with Gasteiger partial charge in [0.15, 0.2) is 5.82 Å². The number of nitrogens with one attached hydrogen (secondary N) is 1. The first-order chi connectivity index (χ1) is 16.9. The molecule has 192 valence electrons. The molecule has 0 radical (unpaired) electrons. The number of aromatic nitrogens is 3. The lowest BCUT2D eigenvalue weighted by molar-refractivity contribution is -0.170. The highest BCUT2D eigenvalue weighted by molar-refractivity contribution is 5.94. The zero-order valence-electron chi connectivity index (χ0n) is 20.4. The summed E-state index contributed by atoms with van der Waals surface area (Å²) in [6.45, 7) is 6.33. The Labute approximate surface area is 206 Å². The number of rotatable bonds is 6. The molecular weight excluding hydrogens is 475 g/mol. The van der Waals surface area contributed by atoms with E-state index in [2.05, 4.69) is 25.4 Å². The van der Waals surface area contributed by atoms with Crippen molar-refractivity contribution in [2.75, 3.05) is 23.4 Å². The van der Waals surface area contributed by atoms with E-state index < -0.39 is 28.9 Å². The lowest BCUT2D eigenvalue weighted by Crippen LogP contribution is -2.64. The quantitative estimate of drug-likeness (QED) is 0.460. The normalized spacial score (nSPS) is 20.8. The summed E-state index contributed by atoms with van der Waals surface area (Å²) in [4.78, 5) is 6.45. The highest BCUT2D eigenvalue weighted by atomic mass is 19.3. The van der Waals surface area contributed by atoms with Gasteiger partial charge in [0, 0.05) is 10.9 Å². The number of anilines is 2. The summed E-state index contributed by atoms with van der Waals surface area (Å²) >= 11 is 0. The van der Waals surface area contributed by atoms with E-state index in [4.69, 9.17) is 4.74 Å². The van der Waals surface area contributed by atoms with E-state index in [-0.39, 0.29) is 29.3 Å². The molecule has 2 bridgehead atoms. The summed E-state index contributed by atoms with van der Waals surface area (Å²) in [6.07, 6.45) is 0.970. The number of alkyl halides is 2. The molecular formula is C25H28F3N5O3. The van der Waals surface area contributed by atoms with Crippen molar-refractivity contribution in [3.05, 3.63) is 46.9 Å². The highest BCUT2D eigenvalue weighted by Crippen LogP contribution is 2.43. The molecule has 1 aromatic carbocycles. The van der Waals surface area contributed by atoms with Crippen LogP contribution in [0.25, 0.3) is 10.9 Å². The molecule has 0 saturated carbocycles. The standard InChI is InChI=1S/C25H28F3N5O3/c1-12(16-6-5-7-18(20(16)26)25(27,28)24(3,4)35)29-22-17-9-19(33-14-8-15(33)11-36-10-14)23(34)30-21(17)13(2)31-32-22/h5-7,9,12,14-15,35H,8,10-11H2,1-4H3,(H,29,32)(H,30,34)/t12-,14?,15?/m1/s1. The number of hydrogen-bond acceptors (Lipinski definition) is 8. The van der Waals surface area contributed by atoms with Crippen LogP contribution in [0.2, 0.25) is 0 Å². The van der Waals surface area contributed by atoms with Crippen LogP contribution in [0.3, 0.4) is 0 Å². The van der Waals surface area contributed by atoms with Crippen molar-refractivity contribution in [2.24, 2.45) is 0 Å². The maximum atomic E-state index is 15.3. The third-order valence-corrected chi connectivity index (χ3v) is 7.07. The predicted octanol–water partition coefficient (Wildman–Crippen LogP) is 4.19. The van der Waals surface area contributed by atoms with E-state index in [9.17, 15) is 19.0 Å². The molecule has 2 aliphatic rings. The Kier molecular flexibility index (Phi) is 5.75. The zero-order valence-corrected chi connectivity index (χ0v) is 20.4. The zero-order chi connectivity index (χ0) is 26.0. The van der Waals surface area contributed by atoms with Gasteiger partial charge in [-0.1, -0.05) is 12.1 Å². The van der Waals surface area contributed by atoms with Crippen molar-refractivity contribution < 1.29 is 28.1 Å². The van der Waals surface area contributed by atoms with Crippen LogP contribution in [0.4, 0.5) is 24.7 Å². The number of ether oxygens (including phenoxy) is 1. The minimum Gasteiger partial charge on any atom is -0.492 e. The van der Waals surface area contributed by atoms with Crippen molar-refractivity contribution >= 4 is 22.4 Å². The molecule has 0 spiro atoms.